The van der Waals surface area contributed by atoms with Crippen molar-refractivity contribution in [2.24, 2.45) is 10.2 Å². The number of nitrogens with zero attached hydrogens (tertiary/aromatic N) is 4. The third-order valence-electron chi connectivity index (χ3n) is 5.54. The highest BCUT2D eigenvalue weighted by Crippen LogP contribution is 2.41. The van der Waals surface area contributed by atoms with Gasteiger partial charge in [0.25, 0.3) is 0 Å². The lowest BCUT2D eigenvalue weighted by molar-refractivity contribution is 0.230. The van der Waals surface area contributed by atoms with Gasteiger partial charge in [-0.2, -0.15) is 0 Å². The fraction of sp³-hybridized carbons (Fsp3) is 0.318. The zero-order valence-corrected chi connectivity index (χ0v) is 17.0. The predicted molar refractivity (Wildman–Crippen MR) is 114 cm³/mol. The Balaban J connectivity index is 1.57. The minimum Gasteiger partial charge on any atom is -0.504 e. The number of aromatic hydroxyl groups is 1. The average Bonchev–Trinajstić information content (AvgIpc) is 3.30. The Labute approximate surface area is 173 Å². The van der Waals surface area contributed by atoms with Crippen molar-refractivity contribution in [3.63, 3.8) is 0 Å². The van der Waals surface area contributed by atoms with Crippen molar-refractivity contribution >= 4 is 28.6 Å². The van der Waals surface area contributed by atoms with E-state index in [4.69, 9.17) is 9.15 Å². The molecule has 0 bridgehead atoms. The van der Waals surface area contributed by atoms with Crippen LogP contribution in [0.1, 0.15) is 22.6 Å². The maximum atomic E-state index is 10.8. The fourth-order valence-corrected chi connectivity index (χ4v) is 3.94. The molecule has 5 rings (SSSR count). The third kappa shape index (κ3) is 3.24. The number of furan rings is 1. The SMILES string of the molecule is COc1ccc2c(O)c(C=C3N=Nc4nc(C)ccc43)oc2c1CN1CCNCC1. The van der Waals surface area contributed by atoms with Crippen LogP contribution in [0.2, 0.25) is 0 Å². The summed E-state index contributed by atoms with van der Waals surface area (Å²) in [5, 5.41) is 23.2. The molecule has 0 amide bonds. The van der Waals surface area contributed by atoms with Gasteiger partial charge < -0.3 is 19.6 Å². The van der Waals surface area contributed by atoms with Gasteiger partial charge in [-0.25, -0.2) is 4.98 Å². The molecule has 8 nitrogen and oxygen atoms in total. The largest absolute Gasteiger partial charge is 0.504 e. The number of pyridine rings is 1. The van der Waals surface area contributed by atoms with Gasteiger partial charge in [0.1, 0.15) is 17.0 Å². The van der Waals surface area contributed by atoms with Gasteiger partial charge in [-0.1, -0.05) is 0 Å². The first-order valence-corrected chi connectivity index (χ1v) is 10.00. The quantitative estimate of drug-likeness (QED) is 0.685. The van der Waals surface area contributed by atoms with E-state index in [1.807, 2.05) is 31.2 Å². The summed E-state index contributed by atoms with van der Waals surface area (Å²) < 4.78 is 11.7. The third-order valence-corrected chi connectivity index (χ3v) is 5.54. The summed E-state index contributed by atoms with van der Waals surface area (Å²) >= 11 is 0. The van der Waals surface area contributed by atoms with Crippen molar-refractivity contribution in [3.05, 3.63) is 46.8 Å². The lowest BCUT2D eigenvalue weighted by Crippen LogP contribution is -2.42. The van der Waals surface area contributed by atoms with Crippen LogP contribution in [0.5, 0.6) is 11.5 Å². The first-order valence-electron chi connectivity index (χ1n) is 10.00. The second kappa shape index (κ2) is 7.55. The molecular weight excluding hydrogens is 382 g/mol. The van der Waals surface area contributed by atoms with Crippen LogP contribution in [0.3, 0.4) is 0 Å². The van der Waals surface area contributed by atoms with Gasteiger partial charge in [0.2, 0.25) is 0 Å². The number of aryl methyl sites for hydroxylation is 1. The number of piperazine rings is 1. The molecule has 1 fully saturated rings. The van der Waals surface area contributed by atoms with Gasteiger partial charge in [0, 0.05) is 50.1 Å². The van der Waals surface area contributed by atoms with Gasteiger partial charge in [-0.05, 0) is 31.2 Å². The minimum atomic E-state index is 0.0884. The predicted octanol–water partition coefficient (Wildman–Crippen LogP) is 3.85. The average molecular weight is 405 g/mol. The first kappa shape index (κ1) is 18.8. The number of aromatic nitrogens is 1. The summed E-state index contributed by atoms with van der Waals surface area (Å²) in [5.41, 5.74) is 3.88. The van der Waals surface area contributed by atoms with Crippen molar-refractivity contribution in [1.82, 2.24) is 15.2 Å². The van der Waals surface area contributed by atoms with Crippen LogP contribution in [0.15, 0.2) is 38.9 Å². The van der Waals surface area contributed by atoms with Gasteiger partial charge >= 0.3 is 0 Å². The monoisotopic (exact) mass is 405 g/mol. The van der Waals surface area contributed by atoms with Crippen LogP contribution >= 0.6 is 0 Å². The van der Waals surface area contributed by atoms with E-state index in [0.717, 1.165) is 48.7 Å². The zero-order valence-electron chi connectivity index (χ0n) is 17.0. The number of fused-ring (bicyclic) bond motifs is 2. The molecule has 3 aromatic rings. The molecule has 0 spiro atoms. The van der Waals surface area contributed by atoms with E-state index in [9.17, 15) is 5.11 Å². The Morgan fingerprint density at radius 1 is 1.20 bits per heavy atom. The number of rotatable bonds is 4. The molecule has 2 aliphatic rings. The highest BCUT2D eigenvalue weighted by molar-refractivity contribution is 5.95. The number of ether oxygens (including phenoxy) is 1. The summed E-state index contributed by atoms with van der Waals surface area (Å²) in [7, 11) is 1.65. The standard InChI is InChI=1S/C22H23N5O3/c1-13-3-4-14-17(25-26-22(14)24-13)11-19-20(28)15-5-6-18(29-2)16(21(15)30-19)12-27-9-7-23-8-10-27/h3-6,11,23,28H,7-10,12H2,1-2H3. The molecule has 0 radical (unpaired) electrons. The van der Waals surface area contributed by atoms with Crippen LogP contribution in [0.25, 0.3) is 22.7 Å². The van der Waals surface area contributed by atoms with E-state index in [1.54, 1.807) is 13.2 Å². The Morgan fingerprint density at radius 2 is 2.03 bits per heavy atom. The molecule has 8 heteroatoms. The molecule has 2 N–H and O–H groups in total. The Hall–Kier alpha value is -3.23. The summed E-state index contributed by atoms with van der Waals surface area (Å²) in [6, 6.07) is 7.55. The van der Waals surface area contributed by atoms with E-state index in [2.05, 4.69) is 25.4 Å². The summed E-state index contributed by atoms with van der Waals surface area (Å²) in [4.78, 5) is 6.74. The number of methoxy groups -OCH3 is 1. The van der Waals surface area contributed by atoms with Crippen LogP contribution in [0, 0.1) is 6.92 Å². The van der Waals surface area contributed by atoms with Gasteiger partial charge in [-0.3, -0.25) is 4.90 Å². The molecule has 154 valence electrons. The molecule has 0 saturated carbocycles. The molecule has 2 aliphatic heterocycles. The fourth-order valence-electron chi connectivity index (χ4n) is 3.94. The lowest BCUT2D eigenvalue weighted by Gasteiger charge is -2.27. The molecule has 0 unspecified atom stereocenters. The van der Waals surface area contributed by atoms with Crippen LogP contribution in [-0.4, -0.2) is 48.3 Å². The maximum absolute atomic E-state index is 10.8. The molecule has 4 heterocycles. The smallest absolute Gasteiger partial charge is 0.184 e. The van der Waals surface area contributed by atoms with Crippen LogP contribution < -0.4 is 10.1 Å². The second-order valence-corrected chi connectivity index (χ2v) is 7.52. The van der Waals surface area contributed by atoms with Crippen molar-refractivity contribution in [1.29, 1.82) is 0 Å². The number of hydrogen-bond donors (Lipinski definition) is 2. The molecular formula is C22H23N5O3. The van der Waals surface area contributed by atoms with Crippen molar-refractivity contribution < 1.29 is 14.3 Å². The molecule has 1 aromatic carbocycles. The molecule has 30 heavy (non-hydrogen) atoms. The second-order valence-electron chi connectivity index (χ2n) is 7.52. The van der Waals surface area contributed by atoms with Gasteiger partial charge in [0.05, 0.1) is 18.1 Å². The van der Waals surface area contributed by atoms with Crippen molar-refractivity contribution in [3.8, 4) is 11.5 Å². The van der Waals surface area contributed by atoms with Crippen molar-refractivity contribution in [2.75, 3.05) is 33.3 Å². The summed E-state index contributed by atoms with van der Waals surface area (Å²) in [5.74, 6) is 1.77. The topological polar surface area (TPSA) is 95.5 Å². The van der Waals surface area contributed by atoms with E-state index >= 15 is 0 Å². The number of azo groups is 1. The van der Waals surface area contributed by atoms with E-state index in [1.165, 1.54) is 0 Å². The van der Waals surface area contributed by atoms with E-state index in [0.29, 0.717) is 34.8 Å². The maximum Gasteiger partial charge on any atom is 0.184 e. The highest BCUT2D eigenvalue weighted by atomic mass is 16.5. The molecule has 2 aromatic heterocycles. The first-order chi connectivity index (χ1) is 14.6. The molecule has 1 saturated heterocycles. The Morgan fingerprint density at radius 3 is 2.83 bits per heavy atom. The normalized spacial score (nSPS) is 17.7. The van der Waals surface area contributed by atoms with Gasteiger partial charge in [0.15, 0.2) is 17.3 Å². The molecule has 0 aliphatic carbocycles. The van der Waals surface area contributed by atoms with E-state index in [-0.39, 0.29) is 5.75 Å². The zero-order chi connectivity index (χ0) is 20.7. The van der Waals surface area contributed by atoms with Crippen LogP contribution in [-0.2, 0) is 6.54 Å². The number of nitrogens with one attached hydrogen (secondary N) is 1. The Bertz CT molecular complexity index is 1180. The summed E-state index contributed by atoms with van der Waals surface area (Å²) in [6.45, 7) is 6.42. The highest BCUT2D eigenvalue weighted by Gasteiger charge is 2.23. The number of hydrogen-bond acceptors (Lipinski definition) is 8. The minimum absolute atomic E-state index is 0.0884. The Kier molecular flexibility index (Phi) is 4.72. The van der Waals surface area contributed by atoms with E-state index < -0.39 is 0 Å². The van der Waals surface area contributed by atoms with Gasteiger partial charge in [-0.15, -0.1) is 10.2 Å². The van der Waals surface area contributed by atoms with Crippen molar-refractivity contribution in [2.45, 2.75) is 13.5 Å². The lowest BCUT2D eigenvalue weighted by atomic mass is 10.1. The molecule has 0 atom stereocenters. The summed E-state index contributed by atoms with van der Waals surface area (Å²) in [6.07, 6.45) is 1.71. The van der Waals surface area contributed by atoms with Crippen LogP contribution in [0.4, 0.5) is 5.82 Å². The number of benzene rings is 1.